The fourth-order valence-corrected chi connectivity index (χ4v) is 4.09. The Kier molecular flexibility index (Phi) is 3.48. The molecule has 1 N–H and O–H groups in total. The maximum atomic E-state index is 10.2. The monoisotopic (exact) mass is 339 g/mol. The second kappa shape index (κ2) is 5.09. The van der Waals surface area contributed by atoms with E-state index in [-0.39, 0.29) is 0 Å². The maximum absolute atomic E-state index is 10.2. The van der Waals surface area contributed by atoms with Crippen molar-refractivity contribution >= 4 is 48.8 Å². The first-order valence-electron chi connectivity index (χ1n) is 5.46. The van der Waals surface area contributed by atoms with Gasteiger partial charge in [-0.3, -0.25) is 4.98 Å². The molecule has 0 saturated carbocycles. The maximum Gasteiger partial charge on any atom is 0.0853 e. The van der Waals surface area contributed by atoms with Crippen LogP contribution >= 0.6 is 38.6 Å². The standard InChI is InChI=1S/C13H10BrNOS2/c14-9-4-10(18-7-9)5-12(16)8-3-13-11(15-6-8)1-2-17-13/h1-4,6-7,12,16H,5H2. The molecule has 18 heavy (non-hydrogen) atoms. The summed E-state index contributed by atoms with van der Waals surface area (Å²) in [7, 11) is 0. The summed E-state index contributed by atoms with van der Waals surface area (Å²) >= 11 is 6.73. The fraction of sp³-hybridized carbons (Fsp3) is 0.154. The lowest BCUT2D eigenvalue weighted by atomic mass is 10.1. The van der Waals surface area contributed by atoms with E-state index in [0.717, 1.165) is 20.3 Å². The lowest BCUT2D eigenvalue weighted by molar-refractivity contribution is 0.179. The average Bonchev–Trinajstić information content (AvgIpc) is 2.96. The Bertz CT molecular complexity index is 676. The minimum atomic E-state index is -0.491. The van der Waals surface area contributed by atoms with Gasteiger partial charge in [0.05, 0.1) is 16.3 Å². The lowest BCUT2D eigenvalue weighted by Crippen LogP contribution is -2.00. The predicted octanol–water partition coefficient (Wildman–Crippen LogP) is 4.40. The van der Waals surface area contributed by atoms with Crippen LogP contribution in [0.5, 0.6) is 0 Å². The highest BCUT2D eigenvalue weighted by Gasteiger charge is 2.11. The van der Waals surface area contributed by atoms with E-state index in [1.807, 2.05) is 29.0 Å². The van der Waals surface area contributed by atoms with Crippen LogP contribution < -0.4 is 0 Å². The van der Waals surface area contributed by atoms with Gasteiger partial charge in [0.25, 0.3) is 0 Å². The lowest BCUT2D eigenvalue weighted by Gasteiger charge is -2.09. The van der Waals surface area contributed by atoms with E-state index in [4.69, 9.17) is 0 Å². The fourth-order valence-electron chi connectivity index (χ4n) is 1.81. The van der Waals surface area contributed by atoms with Crippen LogP contribution in [0.15, 0.2) is 39.6 Å². The minimum absolute atomic E-state index is 0.491. The van der Waals surface area contributed by atoms with Crippen LogP contribution in [0.25, 0.3) is 10.2 Å². The Morgan fingerprint density at radius 3 is 3.00 bits per heavy atom. The normalized spacial score (nSPS) is 13.0. The van der Waals surface area contributed by atoms with Crippen molar-refractivity contribution in [3.8, 4) is 0 Å². The third kappa shape index (κ3) is 2.49. The summed E-state index contributed by atoms with van der Waals surface area (Å²) in [6.45, 7) is 0. The van der Waals surface area contributed by atoms with Crippen LogP contribution in [-0.4, -0.2) is 10.1 Å². The molecule has 0 fully saturated rings. The number of rotatable bonds is 3. The average molecular weight is 340 g/mol. The molecule has 0 aliphatic heterocycles. The van der Waals surface area contributed by atoms with E-state index in [1.165, 1.54) is 4.88 Å². The predicted molar refractivity (Wildman–Crippen MR) is 80.3 cm³/mol. The van der Waals surface area contributed by atoms with E-state index < -0.39 is 6.10 Å². The van der Waals surface area contributed by atoms with Crippen LogP contribution in [-0.2, 0) is 6.42 Å². The number of aromatic nitrogens is 1. The van der Waals surface area contributed by atoms with E-state index in [2.05, 4.69) is 20.9 Å². The topological polar surface area (TPSA) is 33.1 Å². The number of thiophene rings is 2. The van der Waals surface area contributed by atoms with E-state index in [0.29, 0.717) is 6.42 Å². The highest BCUT2D eigenvalue weighted by atomic mass is 79.9. The zero-order valence-electron chi connectivity index (χ0n) is 9.34. The van der Waals surface area contributed by atoms with Crippen molar-refractivity contribution in [1.29, 1.82) is 0 Å². The van der Waals surface area contributed by atoms with Crippen molar-refractivity contribution in [2.45, 2.75) is 12.5 Å². The van der Waals surface area contributed by atoms with Crippen LogP contribution in [0.4, 0.5) is 0 Å². The van der Waals surface area contributed by atoms with Gasteiger partial charge < -0.3 is 5.11 Å². The molecule has 0 bridgehead atoms. The molecule has 0 aliphatic carbocycles. The van der Waals surface area contributed by atoms with Gasteiger partial charge in [0.15, 0.2) is 0 Å². The Labute approximate surface area is 121 Å². The molecular weight excluding hydrogens is 330 g/mol. The summed E-state index contributed by atoms with van der Waals surface area (Å²) in [5.41, 5.74) is 1.88. The number of hydrogen-bond donors (Lipinski definition) is 1. The highest BCUT2D eigenvalue weighted by molar-refractivity contribution is 9.10. The molecule has 0 radical (unpaired) electrons. The molecule has 0 saturated heterocycles. The van der Waals surface area contributed by atoms with Gasteiger partial charge in [-0.25, -0.2) is 0 Å². The van der Waals surface area contributed by atoms with Gasteiger partial charge in [0.2, 0.25) is 0 Å². The van der Waals surface area contributed by atoms with Crippen LogP contribution in [0.2, 0.25) is 0 Å². The van der Waals surface area contributed by atoms with Gasteiger partial charge in [-0.1, -0.05) is 0 Å². The highest BCUT2D eigenvalue weighted by Crippen LogP contribution is 2.27. The Morgan fingerprint density at radius 1 is 1.33 bits per heavy atom. The largest absolute Gasteiger partial charge is 0.388 e. The van der Waals surface area contributed by atoms with E-state index in [9.17, 15) is 5.11 Å². The Balaban J connectivity index is 1.84. The second-order valence-corrected chi connectivity index (χ2v) is 6.88. The molecule has 0 aliphatic rings. The summed E-state index contributed by atoms with van der Waals surface area (Å²) in [6, 6.07) is 6.07. The third-order valence-corrected chi connectivity index (χ3v) is 5.30. The molecule has 92 valence electrons. The molecule has 3 aromatic rings. The van der Waals surface area contributed by atoms with Gasteiger partial charge in [-0.2, -0.15) is 0 Å². The van der Waals surface area contributed by atoms with Crippen molar-refractivity contribution in [1.82, 2.24) is 4.98 Å². The molecule has 5 heteroatoms. The number of fused-ring (bicyclic) bond motifs is 1. The number of hydrogen-bond acceptors (Lipinski definition) is 4. The van der Waals surface area contributed by atoms with Crippen molar-refractivity contribution in [3.05, 3.63) is 50.1 Å². The number of aliphatic hydroxyl groups excluding tert-OH is 1. The molecule has 2 nitrogen and oxygen atoms in total. The second-order valence-electron chi connectivity index (χ2n) is 4.02. The molecule has 3 aromatic heterocycles. The van der Waals surface area contributed by atoms with E-state index in [1.54, 1.807) is 28.9 Å². The number of pyridine rings is 1. The quantitative estimate of drug-likeness (QED) is 0.767. The summed E-state index contributed by atoms with van der Waals surface area (Å²) < 4.78 is 2.19. The van der Waals surface area contributed by atoms with Gasteiger partial charge in [-0.05, 0) is 39.5 Å². The molecular formula is C13H10BrNOS2. The Hall–Kier alpha value is -0.750. The van der Waals surface area contributed by atoms with Crippen LogP contribution in [0, 0.1) is 0 Å². The van der Waals surface area contributed by atoms with Crippen LogP contribution in [0.1, 0.15) is 16.5 Å². The zero-order valence-corrected chi connectivity index (χ0v) is 12.6. The van der Waals surface area contributed by atoms with Crippen molar-refractivity contribution in [2.75, 3.05) is 0 Å². The van der Waals surface area contributed by atoms with Gasteiger partial charge in [-0.15, -0.1) is 22.7 Å². The summed E-state index contributed by atoms with van der Waals surface area (Å²) in [4.78, 5) is 5.52. The Morgan fingerprint density at radius 2 is 2.22 bits per heavy atom. The SMILES string of the molecule is OC(Cc1cc(Br)cs1)c1cnc2ccsc2c1. The number of nitrogens with zero attached hydrogens (tertiary/aromatic N) is 1. The molecule has 0 aromatic carbocycles. The summed E-state index contributed by atoms with van der Waals surface area (Å²) in [5.74, 6) is 0. The summed E-state index contributed by atoms with van der Waals surface area (Å²) in [6.07, 6.45) is 1.91. The molecule has 0 spiro atoms. The molecule has 3 rings (SSSR count). The zero-order chi connectivity index (χ0) is 12.5. The van der Waals surface area contributed by atoms with Gasteiger partial charge in [0, 0.05) is 32.9 Å². The van der Waals surface area contributed by atoms with Crippen molar-refractivity contribution in [3.63, 3.8) is 0 Å². The molecule has 0 amide bonds. The molecule has 3 heterocycles. The van der Waals surface area contributed by atoms with Crippen molar-refractivity contribution < 1.29 is 5.11 Å². The summed E-state index contributed by atoms with van der Waals surface area (Å²) in [5, 5.41) is 14.3. The molecule has 1 unspecified atom stereocenters. The van der Waals surface area contributed by atoms with E-state index >= 15 is 0 Å². The van der Waals surface area contributed by atoms with Crippen LogP contribution in [0.3, 0.4) is 0 Å². The number of halogens is 1. The van der Waals surface area contributed by atoms with Gasteiger partial charge in [0.1, 0.15) is 0 Å². The molecule has 1 atom stereocenters. The number of aliphatic hydroxyl groups is 1. The van der Waals surface area contributed by atoms with Crippen molar-refractivity contribution in [2.24, 2.45) is 0 Å². The first kappa shape index (κ1) is 12.3. The first-order chi connectivity index (χ1) is 8.72. The minimum Gasteiger partial charge on any atom is -0.388 e. The van der Waals surface area contributed by atoms with Gasteiger partial charge >= 0.3 is 0 Å². The third-order valence-electron chi connectivity index (χ3n) is 2.72. The first-order valence-corrected chi connectivity index (χ1v) is 8.02. The smallest absolute Gasteiger partial charge is 0.0853 e.